The molecular formula is C11H14N4O2. The Morgan fingerprint density at radius 3 is 2.53 bits per heavy atom. The van der Waals surface area contributed by atoms with Crippen molar-refractivity contribution in [2.45, 2.75) is 0 Å². The van der Waals surface area contributed by atoms with Crippen molar-refractivity contribution in [2.24, 2.45) is 0 Å². The third kappa shape index (κ3) is 3.01. The van der Waals surface area contributed by atoms with Crippen LogP contribution in [-0.2, 0) is 0 Å². The summed E-state index contributed by atoms with van der Waals surface area (Å²) in [5.74, 6) is -0.393. The lowest BCUT2D eigenvalue weighted by atomic mass is 10.2. The fraction of sp³-hybridized carbons (Fsp3) is 0.364. The van der Waals surface area contributed by atoms with E-state index >= 15 is 0 Å². The van der Waals surface area contributed by atoms with Crippen molar-refractivity contribution in [3.05, 3.63) is 30.1 Å². The maximum Gasteiger partial charge on any atom is 0.324 e. The van der Waals surface area contributed by atoms with E-state index in [1.807, 2.05) is 0 Å². The monoisotopic (exact) mass is 234 g/mol. The lowest BCUT2D eigenvalue weighted by molar-refractivity contribution is 0.0949. The van der Waals surface area contributed by atoms with Crippen LogP contribution < -0.4 is 10.6 Å². The number of carbonyl (C=O) groups excluding carboxylic acids is 2. The minimum Gasteiger partial charge on any atom is -0.322 e. The van der Waals surface area contributed by atoms with Crippen molar-refractivity contribution in [3.63, 3.8) is 0 Å². The average molecular weight is 234 g/mol. The smallest absolute Gasteiger partial charge is 0.322 e. The SMILES string of the molecule is O=C(NC(=O)N1CCNCC1)c1ccncc1. The molecule has 2 heterocycles. The molecule has 0 radical (unpaired) electrons. The van der Waals surface area contributed by atoms with Crippen LogP contribution in [0.25, 0.3) is 0 Å². The van der Waals surface area contributed by atoms with Gasteiger partial charge in [0.05, 0.1) is 0 Å². The van der Waals surface area contributed by atoms with Gasteiger partial charge in [0, 0.05) is 44.1 Å². The first-order chi connectivity index (χ1) is 8.27. The van der Waals surface area contributed by atoms with E-state index in [0.717, 1.165) is 13.1 Å². The van der Waals surface area contributed by atoms with Crippen LogP contribution in [-0.4, -0.2) is 48.0 Å². The second-order valence-electron chi connectivity index (χ2n) is 3.73. The van der Waals surface area contributed by atoms with E-state index < -0.39 is 5.91 Å². The van der Waals surface area contributed by atoms with Gasteiger partial charge in [-0.1, -0.05) is 0 Å². The molecule has 0 unspecified atom stereocenters. The Morgan fingerprint density at radius 1 is 1.24 bits per heavy atom. The quantitative estimate of drug-likeness (QED) is 0.708. The van der Waals surface area contributed by atoms with Crippen LogP contribution in [0.15, 0.2) is 24.5 Å². The number of nitrogens with one attached hydrogen (secondary N) is 2. The summed E-state index contributed by atoms with van der Waals surface area (Å²) in [6, 6.07) is 2.80. The Morgan fingerprint density at radius 2 is 1.88 bits per heavy atom. The van der Waals surface area contributed by atoms with Crippen molar-refractivity contribution in [2.75, 3.05) is 26.2 Å². The molecule has 1 aliphatic rings. The molecule has 6 heteroatoms. The normalized spacial score (nSPS) is 15.4. The van der Waals surface area contributed by atoms with E-state index in [1.54, 1.807) is 17.0 Å². The summed E-state index contributed by atoms with van der Waals surface area (Å²) in [7, 11) is 0. The number of imide groups is 1. The molecule has 0 aromatic carbocycles. The molecule has 3 amide bonds. The topological polar surface area (TPSA) is 74.3 Å². The standard InChI is InChI=1S/C11H14N4O2/c16-10(9-1-3-12-4-2-9)14-11(17)15-7-5-13-6-8-15/h1-4,13H,5-8H2,(H,14,16,17). The van der Waals surface area contributed by atoms with Crippen molar-refractivity contribution in [3.8, 4) is 0 Å². The molecule has 90 valence electrons. The zero-order valence-corrected chi connectivity index (χ0v) is 9.35. The highest BCUT2D eigenvalue weighted by molar-refractivity contribution is 6.04. The van der Waals surface area contributed by atoms with Crippen LogP contribution in [0.4, 0.5) is 4.79 Å². The highest BCUT2D eigenvalue weighted by atomic mass is 16.2. The Bertz CT molecular complexity index is 401. The molecule has 1 saturated heterocycles. The lowest BCUT2D eigenvalue weighted by Gasteiger charge is -2.27. The third-order valence-corrected chi connectivity index (χ3v) is 2.57. The molecule has 0 spiro atoms. The Labute approximate surface area is 99.0 Å². The van der Waals surface area contributed by atoms with E-state index in [1.165, 1.54) is 12.4 Å². The van der Waals surface area contributed by atoms with Gasteiger partial charge in [-0.25, -0.2) is 4.79 Å². The van der Waals surface area contributed by atoms with Crippen molar-refractivity contribution in [1.82, 2.24) is 20.5 Å². The summed E-state index contributed by atoms with van der Waals surface area (Å²) >= 11 is 0. The lowest BCUT2D eigenvalue weighted by Crippen LogP contribution is -2.51. The Hall–Kier alpha value is -1.95. The van der Waals surface area contributed by atoms with E-state index in [2.05, 4.69) is 15.6 Å². The summed E-state index contributed by atoms with van der Waals surface area (Å²) in [6.07, 6.45) is 3.04. The molecule has 17 heavy (non-hydrogen) atoms. The largest absolute Gasteiger partial charge is 0.324 e. The number of nitrogens with zero attached hydrogens (tertiary/aromatic N) is 2. The van der Waals surface area contributed by atoms with Crippen molar-refractivity contribution < 1.29 is 9.59 Å². The van der Waals surface area contributed by atoms with Gasteiger partial charge in [-0.15, -0.1) is 0 Å². The molecular weight excluding hydrogens is 220 g/mol. The van der Waals surface area contributed by atoms with E-state index in [0.29, 0.717) is 18.7 Å². The molecule has 1 aliphatic heterocycles. The summed E-state index contributed by atoms with van der Waals surface area (Å²) in [5, 5.41) is 5.50. The number of hydrogen-bond donors (Lipinski definition) is 2. The van der Waals surface area contributed by atoms with Crippen LogP contribution >= 0.6 is 0 Å². The van der Waals surface area contributed by atoms with Gasteiger partial charge < -0.3 is 10.2 Å². The molecule has 1 aromatic heterocycles. The number of amides is 3. The van der Waals surface area contributed by atoms with E-state index in [-0.39, 0.29) is 6.03 Å². The van der Waals surface area contributed by atoms with Crippen LogP contribution in [0.5, 0.6) is 0 Å². The van der Waals surface area contributed by atoms with Gasteiger partial charge in [-0.3, -0.25) is 15.1 Å². The second-order valence-corrected chi connectivity index (χ2v) is 3.73. The number of hydrogen-bond acceptors (Lipinski definition) is 4. The Kier molecular flexibility index (Phi) is 3.66. The predicted octanol–water partition coefficient (Wildman–Crippen LogP) is -0.163. The first-order valence-electron chi connectivity index (χ1n) is 5.48. The van der Waals surface area contributed by atoms with Crippen molar-refractivity contribution in [1.29, 1.82) is 0 Å². The molecule has 2 N–H and O–H groups in total. The van der Waals surface area contributed by atoms with Crippen LogP contribution in [0.2, 0.25) is 0 Å². The molecule has 6 nitrogen and oxygen atoms in total. The number of urea groups is 1. The van der Waals surface area contributed by atoms with E-state index in [4.69, 9.17) is 0 Å². The van der Waals surface area contributed by atoms with Gasteiger partial charge in [0.25, 0.3) is 5.91 Å². The average Bonchev–Trinajstić information content (AvgIpc) is 2.40. The first-order valence-corrected chi connectivity index (χ1v) is 5.48. The minimum atomic E-state index is -0.393. The molecule has 1 aromatic rings. The zero-order chi connectivity index (χ0) is 12.1. The maximum absolute atomic E-state index is 11.7. The third-order valence-electron chi connectivity index (χ3n) is 2.57. The van der Waals surface area contributed by atoms with Crippen molar-refractivity contribution >= 4 is 11.9 Å². The summed E-state index contributed by atoms with van der Waals surface area (Å²) in [5.41, 5.74) is 0.434. The number of piperazine rings is 1. The van der Waals surface area contributed by atoms with Gasteiger partial charge in [0.15, 0.2) is 0 Å². The fourth-order valence-electron chi connectivity index (χ4n) is 1.62. The molecule has 2 rings (SSSR count). The fourth-order valence-corrected chi connectivity index (χ4v) is 1.62. The molecule has 0 aliphatic carbocycles. The number of aromatic nitrogens is 1. The number of pyridine rings is 1. The minimum absolute atomic E-state index is 0.340. The van der Waals surface area contributed by atoms with Gasteiger partial charge in [-0.2, -0.15) is 0 Å². The molecule has 1 fully saturated rings. The van der Waals surface area contributed by atoms with Gasteiger partial charge in [-0.05, 0) is 12.1 Å². The maximum atomic E-state index is 11.7. The Balaban J connectivity index is 1.92. The summed E-state index contributed by atoms with van der Waals surface area (Å²) in [6.45, 7) is 2.76. The summed E-state index contributed by atoms with van der Waals surface area (Å²) in [4.78, 5) is 28.9. The first kappa shape index (κ1) is 11.5. The second kappa shape index (κ2) is 5.40. The molecule has 0 atom stereocenters. The van der Waals surface area contributed by atoms with Gasteiger partial charge in [0.1, 0.15) is 0 Å². The summed E-state index contributed by atoms with van der Waals surface area (Å²) < 4.78 is 0. The van der Waals surface area contributed by atoms with Gasteiger partial charge in [0.2, 0.25) is 0 Å². The van der Waals surface area contributed by atoms with Crippen LogP contribution in [0.3, 0.4) is 0 Å². The highest BCUT2D eigenvalue weighted by Crippen LogP contribution is 1.98. The highest BCUT2D eigenvalue weighted by Gasteiger charge is 2.18. The molecule has 0 bridgehead atoms. The molecule has 0 saturated carbocycles. The predicted molar refractivity (Wildman–Crippen MR) is 61.5 cm³/mol. The van der Waals surface area contributed by atoms with E-state index in [9.17, 15) is 9.59 Å². The van der Waals surface area contributed by atoms with Gasteiger partial charge >= 0.3 is 6.03 Å². The number of carbonyl (C=O) groups is 2. The van der Waals surface area contributed by atoms with Crippen LogP contribution in [0.1, 0.15) is 10.4 Å². The number of rotatable bonds is 1. The zero-order valence-electron chi connectivity index (χ0n) is 9.35. The van der Waals surface area contributed by atoms with Crippen LogP contribution in [0, 0.1) is 0 Å².